The minimum absolute atomic E-state index is 0. The van der Waals surface area contributed by atoms with Gasteiger partial charge in [-0.1, -0.05) is 60.7 Å². The van der Waals surface area contributed by atoms with Crippen LogP contribution in [-0.4, -0.2) is 55.8 Å². The Bertz CT molecular complexity index is 2490. The number of aryl methyl sites for hydroxylation is 2. The Labute approximate surface area is 350 Å². The molecule has 6 rings (SSSR count). The molecule has 55 heavy (non-hydrogen) atoms. The molecule has 0 fully saturated rings. The van der Waals surface area contributed by atoms with Gasteiger partial charge in [0.25, 0.3) is 10.1 Å². The number of aromatic nitrogens is 6. The van der Waals surface area contributed by atoms with E-state index in [1.165, 1.54) is 36.4 Å². The number of rotatable bonds is 12. The summed E-state index contributed by atoms with van der Waals surface area (Å²) in [6, 6.07) is 22.5. The fourth-order valence-corrected chi connectivity index (χ4v) is 6.69. The molecular weight excluding hydrogens is 802 g/mol. The summed E-state index contributed by atoms with van der Waals surface area (Å²) in [5.41, 5.74) is 3.43. The van der Waals surface area contributed by atoms with Gasteiger partial charge in [0.05, 0.1) is 4.90 Å². The van der Waals surface area contributed by atoms with Crippen LogP contribution >= 0.6 is 23.2 Å². The largest absolute Gasteiger partial charge is 1.00 e. The van der Waals surface area contributed by atoms with Gasteiger partial charge in [0, 0.05) is 22.7 Å². The van der Waals surface area contributed by atoms with Gasteiger partial charge in [-0.15, -0.1) is 0 Å². The van der Waals surface area contributed by atoms with Crippen LogP contribution in [0.1, 0.15) is 25.1 Å². The van der Waals surface area contributed by atoms with Gasteiger partial charge in [-0.05, 0) is 95.7 Å². The molecular formula is C34H29Cl2N10NaO6S2. The van der Waals surface area contributed by atoms with Crippen molar-refractivity contribution in [1.82, 2.24) is 29.9 Å². The first kappa shape index (κ1) is 41.4. The summed E-state index contributed by atoms with van der Waals surface area (Å²) in [6.07, 6.45) is 2.44. The molecule has 4 aromatic carbocycles. The van der Waals surface area contributed by atoms with Crippen molar-refractivity contribution >= 4 is 102 Å². The number of hydrogen-bond donors (Lipinski definition) is 5. The van der Waals surface area contributed by atoms with E-state index in [2.05, 4.69) is 51.2 Å². The molecule has 0 saturated heterocycles. The third-order valence-corrected chi connectivity index (χ3v) is 9.67. The Hall–Kier alpha value is -4.76. The average Bonchev–Trinajstić information content (AvgIpc) is 3.09. The van der Waals surface area contributed by atoms with Gasteiger partial charge in [-0.25, -0.2) is 8.42 Å². The molecule has 278 valence electrons. The van der Waals surface area contributed by atoms with E-state index in [-0.39, 0.29) is 89.3 Å². The molecule has 0 unspecified atom stereocenters. The standard InChI is InChI=1S/C34H28Cl2N10O6S2.Na.H/c1-19-7-3-5-9-25(19)39-33-43-29(35)41-31(45-33)37-23-15-13-21(27(17-23)53(47,48)49)11-12-22-14-16-24(18-28(22)54(50,51)52)38-32-42-30(36)44-34(46-32)40-26-10-6-4-8-20(26)2;;/h3-18H,1-2H3,(H,47,48,49)(H,50,51,52)(H2,37,39,41,43,45)(H2,38,40,42,44,46);;/q;+1;-1. The van der Waals surface area contributed by atoms with Gasteiger partial charge in [-0.2, -0.15) is 38.3 Å². The molecule has 0 aliphatic heterocycles. The van der Waals surface area contributed by atoms with Crippen LogP contribution in [0.3, 0.4) is 0 Å². The van der Waals surface area contributed by atoms with Crippen LogP contribution in [0.25, 0.3) is 12.2 Å². The summed E-state index contributed by atoms with van der Waals surface area (Å²) < 4.78 is 72.1. The van der Waals surface area contributed by atoms with Crippen molar-refractivity contribution in [3.8, 4) is 0 Å². The Balaban J connectivity index is 0.00000290. The number of hydrogen-bond acceptors (Lipinski definition) is 15. The maximum absolute atomic E-state index is 12.5. The topological polar surface area (TPSA) is 237 Å². The molecule has 16 nitrogen and oxygen atoms in total. The van der Waals surface area contributed by atoms with E-state index in [1.54, 1.807) is 0 Å². The predicted octanol–water partition coefficient (Wildman–Crippen LogP) is 4.50. The second-order valence-corrected chi connectivity index (χ2v) is 14.8. The summed E-state index contributed by atoms with van der Waals surface area (Å²) in [6.45, 7) is 3.78. The van der Waals surface area contributed by atoms with Crippen molar-refractivity contribution in [2.75, 3.05) is 21.3 Å². The van der Waals surface area contributed by atoms with Gasteiger partial charge in [0.15, 0.2) is 0 Å². The van der Waals surface area contributed by atoms with Crippen molar-refractivity contribution in [2.45, 2.75) is 23.6 Å². The molecule has 0 aliphatic carbocycles. The summed E-state index contributed by atoms with van der Waals surface area (Å²) >= 11 is 12.2. The monoisotopic (exact) mass is 830 g/mol. The van der Waals surface area contributed by atoms with Crippen molar-refractivity contribution in [2.24, 2.45) is 0 Å². The van der Waals surface area contributed by atoms with E-state index in [9.17, 15) is 25.9 Å². The summed E-state index contributed by atoms with van der Waals surface area (Å²) in [4.78, 5) is 23.6. The van der Waals surface area contributed by atoms with Crippen molar-refractivity contribution in [3.63, 3.8) is 0 Å². The van der Waals surface area contributed by atoms with Crippen LogP contribution in [0.5, 0.6) is 0 Å². The van der Waals surface area contributed by atoms with E-state index >= 15 is 0 Å². The number of anilines is 8. The molecule has 2 aromatic heterocycles. The first-order valence-electron chi connectivity index (χ1n) is 15.5. The number of benzene rings is 4. The summed E-state index contributed by atoms with van der Waals surface area (Å²) in [5, 5.41) is 11.4. The van der Waals surface area contributed by atoms with Crippen LogP contribution in [0, 0.1) is 13.8 Å². The maximum Gasteiger partial charge on any atom is 1.00 e. The zero-order chi connectivity index (χ0) is 38.6. The van der Waals surface area contributed by atoms with Crippen molar-refractivity contribution in [3.05, 3.63) is 118 Å². The molecule has 0 aliphatic rings. The molecule has 0 bridgehead atoms. The third-order valence-electron chi connectivity index (χ3n) is 7.53. The smallest absolute Gasteiger partial charge is 1.00 e. The Morgan fingerprint density at radius 1 is 0.618 bits per heavy atom. The first-order valence-corrected chi connectivity index (χ1v) is 19.1. The van der Waals surface area contributed by atoms with Gasteiger partial charge in [0.1, 0.15) is 15.0 Å². The quantitative estimate of drug-likeness (QED) is 0.0648. The van der Waals surface area contributed by atoms with Crippen LogP contribution in [0.15, 0.2) is 94.7 Å². The second-order valence-electron chi connectivity index (χ2n) is 11.4. The number of nitrogens with one attached hydrogen (secondary N) is 4. The fraction of sp³-hybridized carbons (Fsp3) is 0.0588. The molecule has 5 N–H and O–H groups in total. The number of nitrogens with zero attached hydrogens (tertiary/aromatic N) is 6. The Morgan fingerprint density at radius 2 is 1.00 bits per heavy atom. The minimum Gasteiger partial charge on any atom is -1.00 e. The van der Waals surface area contributed by atoms with Gasteiger partial charge in [0.2, 0.25) is 34.4 Å². The molecule has 0 radical (unpaired) electrons. The molecule has 0 saturated carbocycles. The van der Waals surface area contributed by atoms with Crippen molar-refractivity contribution in [1.29, 1.82) is 0 Å². The average molecular weight is 832 g/mol. The summed E-state index contributed by atoms with van der Waals surface area (Å²) in [7, 11) is -9.90. The van der Waals surface area contributed by atoms with E-state index in [0.717, 1.165) is 34.6 Å². The van der Waals surface area contributed by atoms with Crippen LogP contribution in [0.2, 0.25) is 10.6 Å². The van der Waals surface area contributed by atoms with Gasteiger partial charge in [-0.3, -0.25) is 4.55 Å². The summed E-state index contributed by atoms with van der Waals surface area (Å²) in [5.74, 6) is 0.140. The SMILES string of the molecule is Cc1ccccc1Nc1nc(Cl)nc(Nc2ccc(C=Cc3ccc(Nc4nc(Cl)nc(Nc5ccccc5C)n4)cc3S(=O)(=O)O)c(S(=O)(=O)[O-])c2)n1.[H+].[H-].[Na+]. The zero-order valence-electron chi connectivity index (χ0n) is 31.0. The third kappa shape index (κ3) is 10.9. The minimum atomic E-state index is -5.07. The molecule has 6 aromatic rings. The van der Waals surface area contributed by atoms with Crippen molar-refractivity contribution < 1.29 is 58.4 Å². The first-order chi connectivity index (χ1) is 25.6. The van der Waals surface area contributed by atoms with Crippen LogP contribution < -0.4 is 50.8 Å². The Morgan fingerprint density at radius 3 is 1.40 bits per heavy atom. The van der Waals surface area contributed by atoms with Crippen LogP contribution in [-0.2, 0) is 20.2 Å². The maximum atomic E-state index is 12.5. The Kier molecular flexibility index (Phi) is 13.1. The number of para-hydroxylation sites is 2. The predicted molar refractivity (Wildman–Crippen MR) is 207 cm³/mol. The molecule has 21 heteroatoms. The molecule has 0 atom stereocenters. The second kappa shape index (κ2) is 17.4. The molecule has 0 amide bonds. The van der Waals surface area contributed by atoms with E-state index in [4.69, 9.17) is 23.2 Å². The van der Waals surface area contributed by atoms with E-state index < -0.39 is 30.0 Å². The van der Waals surface area contributed by atoms with Gasteiger partial charge < -0.3 is 27.2 Å². The fourth-order valence-electron chi connectivity index (χ4n) is 4.97. The number of halogens is 2. The van der Waals surface area contributed by atoms with E-state index in [0.29, 0.717) is 0 Å². The zero-order valence-corrected chi connectivity index (χ0v) is 34.1. The van der Waals surface area contributed by atoms with Crippen LogP contribution in [0.4, 0.5) is 46.5 Å². The molecule has 2 heterocycles. The van der Waals surface area contributed by atoms with E-state index in [1.807, 2.05) is 62.4 Å². The molecule has 0 spiro atoms. The normalized spacial score (nSPS) is 11.5. The van der Waals surface area contributed by atoms with Gasteiger partial charge >= 0.3 is 31.0 Å².